The number of para-hydroxylation sites is 1. The van der Waals surface area contributed by atoms with Crippen LogP contribution in [0.5, 0.6) is 11.5 Å². The highest BCUT2D eigenvalue weighted by molar-refractivity contribution is 6.11. The predicted octanol–water partition coefficient (Wildman–Crippen LogP) is 6.57. The Bertz CT molecular complexity index is 1830. The van der Waals surface area contributed by atoms with Crippen molar-refractivity contribution in [3.8, 4) is 11.5 Å². The molecule has 0 unspecified atom stereocenters. The molecule has 0 saturated carbocycles. The van der Waals surface area contributed by atoms with E-state index in [0.29, 0.717) is 11.5 Å². The summed E-state index contributed by atoms with van der Waals surface area (Å²) >= 11 is 0. The van der Waals surface area contributed by atoms with Crippen molar-refractivity contribution in [1.82, 2.24) is 4.90 Å². The fourth-order valence-electron chi connectivity index (χ4n) is 4.74. The normalized spacial score (nSPS) is 10.7. The van der Waals surface area contributed by atoms with E-state index < -0.39 is 34.9 Å². The second-order valence-electron chi connectivity index (χ2n) is 9.76. The van der Waals surface area contributed by atoms with E-state index in [-0.39, 0.29) is 35.0 Å². The minimum atomic E-state index is -1.47. The monoisotopic (exact) mass is 575 g/mol. The van der Waals surface area contributed by atoms with Crippen LogP contribution < -0.4 is 4.74 Å². The molecule has 0 aliphatic carbocycles. The minimum absolute atomic E-state index is 0.134. The first-order valence-electron chi connectivity index (χ1n) is 13.2. The van der Waals surface area contributed by atoms with Gasteiger partial charge in [-0.2, -0.15) is 0 Å². The average Bonchev–Trinajstić information content (AvgIpc) is 3.01. The third kappa shape index (κ3) is 6.52. The van der Waals surface area contributed by atoms with Crippen LogP contribution in [0.1, 0.15) is 52.6 Å². The van der Waals surface area contributed by atoms with Crippen molar-refractivity contribution in [3.63, 3.8) is 0 Å². The minimum Gasteiger partial charge on any atom is -0.478 e. The van der Waals surface area contributed by atoms with Crippen LogP contribution in [0, 0.1) is 0 Å². The maximum atomic E-state index is 14.1. The second kappa shape index (κ2) is 12.3. The van der Waals surface area contributed by atoms with Gasteiger partial charge in [0.25, 0.3) is 5.91 Å². The van der Waals surface area contributed by atoms with E-state index in [2.05, 4.69) is 0 Å². The second-order valence-corrected chi connectivity index (χ2v) is 9.76. The third-order valence-electron chi connectivity index (χ3n) is 6.81. The lowest BCUT2D eigenvalue weighted by atomic mass is 9.95. The first-order valence-corrected chi connectivity index (χ1v) is 13.2. The molecule has 0 fully saturated rings. The summed E-state index contributed by atoms with van der Waals surface area (Å²) < 4.78 is 5.86. The Morgan fingerprint density at radius 3 is 1.40 bits per heavy atom. The van der Waals surface area contributed by atoms with Crippen LogP contribution >= 0.6 is 0 Å². The average molecular weight is 576 g/mol. The molecule has 0 heterocycles. The summed E-state index contributed by atoms with van der Waals surface area (Å²) in [5.74, 6) is -3.62. The van der Waals surface area contributed by atoms with E-state index in [0.717, 1.165) is 23.3 Å². The molecule has 0 aliphatic rings. The molecular formula is C34H25NO8. The van der Waals surface area contributed by atoms with E-state index in [1.807, 2.05) is 72.8 Å². The molecule has 5 aromatic rings. The number of carbonyl (C=O) groups is 4. The van der Waals surface area contributed by atoms with Gasteiger partial charge in [0.15, 0.2) is 0 Å². The predicted molar refractivity (Wildman–Crippen MR) is 158 cm³/mol. The number of hydrogen-bond donors (Lipinski definition) is 3. The standard InChI is InChI=1S/C34H25NO8/c36-31(27-15-23-17-29(33(39)40)30(34(41)42)18-24(23)16-28(27)32(37)38)35(19-21-7-3-1-4-8-21)20-22-11-13-26(14-12-22)43-25-9-5-2-6-10-25/h1-18H,19-20H2,(H,37,38)(H,39,40)(H,41,42). The van der Waals surface area contributed by atoms with Crippen molar-refractivity contribution in [1.29, 1.82) is 0 Å². The highest BCUT2D eigenvalue weighted by atomic mass is 16.5. The van der Waals surface area contributed by atoms with Crippen LogP contribution in [-0.2, 0) is 13.1 Å². The first-order chi connectivity index (χ1) is 20.7. The number of aromatic carboxylic acids is 3. The van der Waals surface area contributed by atoms with E-state index in [9.17, 15) is 34.5 Å². The molecule has 1 amide bonds. The summed E-state index contributed by atoms with van der Waals surface area (Å²) in [6.45, 7) is 0.298. The number of carboxylic acids is 3. The summed E-state index contributed by atoms with van der Waals surface area (Å²) in [5, 5.41) is 29.5. The fraction of sp³-hybridized carbons (Fsp3) is 0.0588. The molecule has 5 aromatic carbocycles. The Morgan fingerprint density at radius 2 is 0.907 bits per heavy atom. The number of hydrogen-bond acceptors (Lipinski definition) is 5. The molecule has 214 valence electrons. The first kappa shape index (κ1) is 28.6. The van der Waals surface area contributed by atoms with Crippen LogP contribution in [0.15, 0.2) is 109 Å². The zero-order chi connectivity index (χ0) is 30.5. The van der Waals surface area contributed by atoms with Gasteiger partial charge < -0.3 is 25.0 Å². The number of rotatable bonds is 10. The van der Waals surface area contributed by atoms with Gasteiger partial charge in [0.2, 0.25) is 0 Å². The Labute approximate surface area is 245 Å². The molecule has 5 rings (SSSR count). The zero-order valence-electron chi connectivity index (χ0n) is 22.6. The molecule has 3 N–H and O–H groups in total. The van der Waals surface area contributed by atoms with Gasteiger partial charge in [-0.05, 0) is 70.4 Å². The van der Waals surface area contributed by atoms with Gasteiger partial charge in [-0.3, -0.25) is 4.79 Å². The molecule has 0 aromatic heterocycles. The molecule has 0 atom stereocenters. The molecule has 0 bridgehead atoms. The highest BCUT2D eigenvalue weighted by Gasteiger charge is 2.25. The highest BCUT2D eigenvalue weighted by Crippen LogP contribution is 2.28. The quantitative estimate of drug-likeness (QED) is 0.170. The fourth-order valence-corrected chi connectivity index (χ4v) is 4.74. The van der Waals surface area contributed by atoms with Gasteiger partial charge in [-0.1, -0.05) is 60.7 Å². The SMILES string of the molecule is O=C(O)c1cc2cc(C(=O)O)c(C(=O)N(Cc3ccccc3)Cc3ccc(Oc4ccccc4)cc3)cc2cc1C(=O)O. The number of nitrogens with zero attached hydrogens (tertiary/aromatic N) is 1. The summed E-state index contributed by atoms with van der Waals surface area (Å²) in [5.41, 5.74) is 0.139. The summed E-state index contributed by atoms with van der Waals surface area (Å²) in [7, 11) is 0. The maximum Gasteiger partial charge on any atom is 0.336 e. The van der Waals surface area contributed by atoms with Crippen molar-refractivity contribution in [2.45, 2.75) is 13.1 Å². The number of benzene rings is 5. The van der Waals surface area contributed by atoms with Gasteiger partial charge in [0.1, 0.15) is 11.5 Å². The van der Waals surface area contributed by atoms with Crippen molar-refractivity contribution >= 4 is 34.6 Å². The number of carbonyl (C=O) groups excluding carboxylic acids is 1. The number of fused-ring (bicyclic) bond motifs is 1. The lowest BCUT2D eigenvalue weighted by Crippen LogP contribution is -2.31. The van der Waals surface area contributed by atoms with Crippen molar-refractivity contribution < 1.29 is 39.2 Å². The topological polar surface area (TPSA) is 141 Å². The van der Waals surface area contributed by atoms with Gasteiger partial charge in [-0.15, -0.1) is 0 Å². The van der Waals surface area contributed by atoms with Crippen LogP contribution in [-0.4, -0.2) is 44.0 Å². The van der Waals surface area contributed by atoms with Gasteiger partial charge in [-0.25, -0.2) is 14.4 Å². The Morgan fingerprint density at radius 1 is 0.512 bits per heavy atom. The van der Waals surface area contributed by atoms with E-state index in [1.165, 1.54) is 17.0 Å². The number of carboxylic acid groups (broad SMARTS) is 3. The van der Waals surface area contributed by atoms with Gasteiger partial charge in [0.05, 0.1) is 22.3 Å². The third-order valence-corrected chi connectivity index (χ3v) is 6.81. The molecule has 9 heteroatoms. The van der Waals surface area contributed by atoms with Crippen LogP contribution in [0.25, 0.3) is 10.8 Å². The summed E-state index contributed by atoms with van der Waals surface area (Å²) in [6, 6.07) is 30.4. The Balaban J connectivity index is 1.53. The number of amides is 1. The lowest BCUT2D eigenvalue weighted by Gasteiger charge is -2.24. The Kier molecular flexibility index (Phi) is 8.15. The maximum absolute atomic E-state index is 14.1. The van der Waals surface area contributed by atoms with Crippen LogP contribution in [0.4, 0.5) is 0 Å². The van der Waals surface area contributed by atoms with Gasteiger partial charge >= 0.3 is 17.9 Å². The van der Waals surface area contributed by atoms with E-state index in [4.69, 9.17) is 4.74 Å². The van der Waals surface area contributed by atoms with Crippen LogP contribution in [0.3, 0.4) is 0 Å². The van der Waals surface area contributed by atoms with Gasteiger partial charge in [0, 0.05) is 13.1 Å². The van der Waals surface area contributed by atoms with E-state index in [1.54, 1.807) is 12.1 Å². The van der Waals surface area contributed by atoms with Crippen molar-refractivity contribution in [3.05, 3.63) is 143 Å². The number of ether oxygens (including phenoxy) is 1. The summed E-state index contributed by atoms with van der Waals surface area (Å²) in [6.07, 6.45) is 0. The largest absolute Gasteiger partial charge is 0.478 e. The zero-order valence-corrected chi connectivity index (χ0v) is 22.6. The molecular weight excluding hydrogens is 550 g/mol. The smallest absolute Gasteiger partial charge is 0.336 e. The molecule has 43 heavy (non-hydrogen) atoms. The van der Waals surface area contributed by atoms with Crippen LogP contribution in [0.2, 0.25) is 0 Å². The van der Waals surface area contributed by atoms with Crippen molar-refractivity contribution in [2.24, 2.45) is 0 Å². The molecule has 0 radical (unpaired) electrons. The summed E-state index contributed by atoms with van der Waals surface area (Å²) in [4.78, 5) is 51.3. The van der Waals surface area contributed by atoms with Crippen molar-refractivity contribution in [2.75, 3.05) is 0 Å². The molecule has 0 aliphatic heterocycles. The Hall–Kier alpha value is -5.96. The molecule has 9 nitrogen and oxygen atoms in total. The molecule has 0 spiro atoms. The van der Waals surface area contributed by atoms with E-state index >= 15 is 0 Å². The molecule has 0 saturated heterocycles. The lowest BCUT2D eigenvalue weighted by molar-refractivity contribution is 0.0652.